The van der Waals surface area contributed by atoms with Crippen LogP contribution < -0.4 is 16.4 Å². The number of hydrogen-bond donors (Lipinski definition) is 2. The second-order valence-corrected chi connectivity index (χ2v) is 8.03. The number of hydrogen-bond acceptors (Lipinski definition) is 5. The minimum absolute atomic E-state index is 0.159. The molecule has 0 radical (unpaired) electrons. The zero-order valence-corrected chi connectivity index (χ0v) is 18.4. The summed E-state index contributed by atoms with van der Waals surface area (Å²) in [5.74, 6) is -0.0217. The van der Waals surface area contributed by atoms with Crippen LogP contribution in [0, 0.1) is 6.92 Å². The highest BCUT2D eigenvalue weighted by Crippen LogP contribution is 2.40. The standard InChI is InChI=1S/C23H26N4O5/c1-4-32-19(29)12-27-20-17-11-16(26-10-9-13(2)21(26)24-14(3)28)7-5-15(17)6-8-18(20)25-22(30)23(27)31/h9-11H,4-8,12H2,1-3H3,(H,24,28)(H,25,30). The van der Waals surface area contributed by atoms with Crippen LogP contribution in [0.2, 0.25) is 0 Å². The van der Waals surface area contributed by atoms with Gasteiger partial charge in [-0.15, -0.1) is 0 Å². The lowest BCUT2D eigenvalue weighted by Crippen LogP contribution is -2.41. The summed E-state index contributed by atoms with van der Waals surface area (Å²) in [6.07, 6.45) is 6.80. The summed E-state index contributed by atoms with van der Waals surface area (Å²) in [4.78, 5) is 51.5. The molecule has 0 saturated carbocycles. The van der Waals surface area contributed by atoms with E-state index in [9.17, 15) is 19.2 Å². The minimum Gasteiger partial charge on any atom is -0.465 e. The second kappa shape index (κ2) is 8.49. The normalized spacial score (nSPS) is 15.0. The predicted molar refractivity (Wildman–Crippen MR) is 120 cm³/mol. The van der Waals surface area contributed by atoms with Gasteiger partial charge in [-0.05, 0) is 57.2 Å². The van der Waals surface area contributed by atoms with E-state index < -0.39 is 17.1 Å². The highest BCUT2D eigenvalue weighted by Gasteiger charge is 2.28. The number of carbonyl (C=O) groups is 2. The van der Waals surface area contributed by atoms with Gasteiger partial charge in [0.05, 0.1) is 12.3 Å². The first-order valence-electron chi connectivity index (χ1n) is 10.7. The van der Waals surface area contributed by atoms with Gasteiger partial charge in [-0.1, -0.05) is 5.57 Å². The molecule has 2 aromatic heterocycles. The third-order valence-corrected chi connectivity index (χ3v) is 5.85. The summed E-state index contributed by atoms with van der Waals surface area (Å²) in [6, 6.07) is 1.93. The van der Waals surface area contributed by atoms with Crippen molar-refractivity contribution in [3.05, 3.63) is 61.6 Å². The van der Waals surface area contributed by atoms with Gasteiger partial charge < -0.3 is 19.6 Å². The Labute approximate surface area is 184 Å². The molecule has 0 atom stereocenters. The van der Waals surface area contributed by atoms with Crippen molar-refractivity contribution < 1.29 is 14.3 Å². The fourth-order valence-corrected chi connectivity index (χ4v) is 4.42. The van der Waals surface area contributed by atoms with Gasteiger partial charge in [-0.25, -0.2) is 0 Å². The molecule has 2 aromatic rings. The molecule has 0 fully saturated rings. The molecular formula is C23H26N4O5. The quantitative estimate of drug-likeness (QED) is 0.549. The molecule has 0 saturated heterocycles. The summed E-state index contributed by atoms with van der Waals surface area (Å²) in [5, 5.41) is 2.88. The van der Waals surface area contributed by atoms with Crippen molar-refractivity contribution in [2.45, 2.75) is 53.0 Å². The van der Waals surface area contributed by atoms with Crippen molar-refractivity contribution in [1.82, 2.24) is 14.1 Å². The fraction of sp³-hybridized carbons (Fsp3) is 0.391. The molecule has 168 valence electrons. The van der Waals surface area contributed by atoms with Crippen molar-refractivity contribution >= 4 is 29.0 Å². The summed E-state index contributed by atoms with van der Waals surface area (Å²) in [6.45, 7) is 4.95. The van der Waals surface area contributed by atoms with Crippen LogP contribution >= 0.6 is 0 Å². The zero-order chi connectivity index (χ0) is 23.0. The molecule has 9 nitrogen and oxygen atoms in total. The Kier molecular flexibility index (Phi) is 5.73. The van der Waals surface area contributed by atoms with Crippen LogP contribution in [-0.2, 0) is 27.3 Å². The topological polar surface area (TPSA) is 115 Å². The lowest BCUT2D eigenvalue weighted by molar-refractivity contribution is -0.143. The molecule has 0 aromatic carbocycles. The molecular weight excluding hydrogens is 412 g/mol. The first-order chi connectivity index (χ1) is 15.3. The number of nitrogens with zero attached hydrogens (tertiary/aromatic N) is 2. The van der Waals surface area contributed by atoms with E-state index in [-0.39, 0.29) is 19.1 Å². The van der Waals surface area contributed by atoms with E-state index in [1.54, 1.807) is 6.92 Å². The zero-order valence-electron chi connectivity index (χ0n) is 18.4. The van der Waals surface area contributed by atoms with E-state index >= 15 is 0 Å². The first kappa shape index (κ1) is 21.6. The monoisotopic (exact) mass is 438 g/mol. The predicted octanol–water partition coefficient (Wildman–Crippen LogP) is 2.20. The van der Waals surface area contributed by atoms with Crippen LogP contribution in [0.15, 0.2) is 33.5 Å². The minimum atomic E-state index is -0.776. The molecule has 2 aliphatic rings. The SMILES string of the molecule is CCOC(=O)Cn1c2c([nH]c(=O)c1=O)CCC1=C2C=C(n2ccc(C)c2NC(C)=O)CC1. The van der Waals surface area contributed by atoms with Crippen LogP contribution in [0.4, 0.5) is 5.82 Å². The van der Waals surface area contributed by atoms with Crippen molar-refractivity contribution in [1.29, 1.82) is 0 Å². The van der Waals surface area contributed by atoms with Crippen LogP contribution in [0.3, 0.4) is 0 Å². The number of H-pyrrole nitrogens is 1. The molecule has 9 heteroatoms. The van der Waals surface area contributed by atoms with Crippen molar-refractivity contribution in [3.63, 3.8) is 0 Å². The molecule has 2 aliphatic carbocycles. The maximum atomic E-state index is 12.7. The number of esters is 1. The fourth-order valence-electron chi connectivity index (χ4n) is 4.42. The average Bonchev–Trinajstić information content (AvgIpc) is 3.10. The third-order valence-electron chi connectivity index (χ3n) is 5.85. The first-order valence-corrected chi connectivity index (χ1v) is 10.7. The largest absolute Gasteiger partial charge is 0.465 e. The maximum absolute atomic E-state index is 12.7. The van der Waals surface area contributed by atoms with Gasteiger partial charge in [-0.3, -0.25) is 23.7 Å². The van der Waals surface area contributed by atoms with Crippen molar-refractivity contribution in [2.24, 2.45) is 0 Å². The van der Waals surface area contributed by atoms with E-state index in [1.807, 2.05) is 29.8 Å². The molecule has 2 N–H and O–H groups in total. The lowest BCUT2D eigenvalue weighted by atomic mass is 9.84. The summed E-state index contributed by atoms with van der Waals surface area (Å²) in [5.41, 5.74) is 3.59. The van der Waals surface area contributed by atoms with E-state index in [0.29, 0.717) is 23.6 Å². The number of ether oxygens (including phenoxy) is 1. The molecule has 0 spiro atoms. The number of aromatic amines is 1. The third kappa shape index (κ3) is 3.86. The number of anilines is 1. The van der Waals surface area contributed by atoms with Gasteiger partial charge in [0, 0.05) is 30.1 Å². The smallest absolute Gasteiger partial charge is 0.326 e. The molecule has 0 bridgehead atoms. The van der Waals surface area contributed by atoms with E-state index in [2.05, 4.69) is 10.3 Å². The van der Waals surface area contributed by atoms with Crippen LogP contribution in [-0.4, -0.2) is 32.6 Å². The summed E-state index contributed by atoms with van der Waals surface area (Å²) >= 11 is 0. The van der Waals surface area contributed by atoms with Crippen LogP contribution in [0.1, 0.15) is 50.1 Å². The Hall–Kier alpha value is -3.62. The Bertz CT molecular complexity index is 1290. The molecule has 1 amide bonds. The number of fused-ring (bicyclic) bond motifs is 2. The molecule has 0 unspecified atom stereocenters. The number of rotatable bonds is 5. The molecule has 0 aliphatic heterocycles. The highest BCUT2D eigenvalue weighted by atomic mass is 16.5. The molecule has 4 rings (SSSR count). The van der Waals surface area contributed by atoms with Crippen molar-refractivity contribution in [3.8, 4) is 0 Å². The lowest BCUT2D eigenvalue weighted by Gasteiger charge is -2.29. The Morgan fingerprint density at radius 1 is 1.19 bits per heavy atom. The highest BCUT2D eigenvalue weighted by molar-refractivity contribution is 5.91. The number of aryl methyl sites for hydroxylation is 2. The van der Waals surface area contributed by atoms with Gasteiger partial charge in [0.15, 0.2) is 0 Å². The maximum Gasteiger partial charge on any atom is 0.326 e. The molecule has 2 heterocycles. The number of allylic oxidation sites excluding steroid dienone is 4. The number of aromatic nitrogens is 3. The second-order valence-electron chi connectivity index (χ2n) is 8.03. The summed E-state index contributed by atoms with van der Waals surface area (Å²) < 4.78 is 8.20. The van der Waals surface area contributed by atoms with Crippen molar-refractivity contribution in [2.75, 3.05) is 11.9 Å². The number of carbonyl (C=O) groups excluding carboxylic acids is 2. The van der Waals surface area contributed by atoms with E-state index in [0.717, 1.165) is 36.1 Å². The van der Waals surface area contributed by atoms with Crippen LogP contribution in [0.5, 0.6) is 0 Å². The Morgan fingerprint density at radius 3 is 2.66 bits per heavy atom. The van der Waals surface area contributed by atoms with Gasteiger partial charge in [-0.2, -0.15) is 0 Å². The van der Waals surface area contributed by atoms with Crippen LogP contribution in [0.25, 0.3) is 11.3 Å². The van der Waals surface area contributed by atoms with E-state index in [1.165, 1.54) is 17.1 Å². The Morgan fingerprint density at radius 2 is 1.94 bits per heavy atom. The van der Waals surface area contributed by atoms with Gasteiger partial charge in [0.2, 0.25) is 5.91 Å². The Balaban J connectivity index is 1.85. The van der Waals surface area contributed by atoms with E-state index in [4.69, 9.17) is 4.74 Å². The number of amides is 1. The molecule has 32 heavy (non-hydrogen) atoms. The summed E-state index contributed by atoms with van der Waals surface area (Å²) in [7, 11) is 0. The van der Waals surface area contributed by atoms with Gasteiger partial charge in [0.25, 0.3) is 0 Å². The average molecular weight is 438 g/mol. The van der Waals surface area contributed by atoms with Gasteiger partial charge in [0.1, 0.15) is 12.4 Å². The van der Waals surface area contributed by atoms with Gasteiger partial charge >= 0.3 is 17.1 Å². The number of nitrogens with one attached hydrogen (secondary N) is 2.